The second-order valence-corrected chi connectivity index (χ2v) is 9.14. The van der Waals surface area contributed by atoms with Crippen molar-refractivity contribution >= 4 is 40.5 Å². The number of hydrogen-bond acceptors (Lipinski definition) is 9. The Hall–Kier alpha value is -2.93. The highest BCUT2D eigenvalue weighted by Crippen LogP contribution is 2.33. The number of amides is 2. The number of ether oxygens (including phenoxy) is 1. The Balaban J connectivity index is 1.19. The summed E-state index contributed by atoms with van der Waals surface area (Å²) in [6.45, 7) is 2.59. The molecule has 0 unspecified atom stereocenters. The van der Waals surface area contributed by atoms with Crippen molar-refractivity contribution in [3.05, 3.63) is 42.5 Å². The predicted octanol–water partition coefficient (Wildman–Crippen LogP) is 1.54. The van der Waals surface area contributed by atoms with E-state index in [1.54, 1.807) is 16.3 Å². The average Bonchev–Trinajstić information content (AvgIpc) is 3.38. The first-order chi connectivity index (χ1) is 16.5. The molecule has 1 saturated heterocycles. The summed E-state index contributed by atoms with van der Waals surface area (Å²) < 4.78 is 7.49. The molecule has 1 fully saturated rings. The zero-order chi connectivity index (χ0) is 24.1. The van der Waals surface area contributed by atoms with Crippen LogP contribution in [0, 0.1) is 0 Å². The van der Waals surface area contributed by atoms with Crippen molar-refractivity contribution in [1.29, 1.82) is 0 Å². The molecule has 2 amide bonds. The Morgan fingerprint density at radius 3 is 2.94 bits per heavy atom. The van der Waals surface area contributed by atoms with E-state index in [1.165, 1.54) is 12.7 Å². The van der Waals surface area contributed by atoms with Crippen molar-refractivity contribution in [3.8, 4) is 0 Å². The van der Waals surface area contributed by atoms with Gasteiger partial charge in [-0.2, -0.15) is 11.8 Å². The van der Waals surface area contributed by atoms with E-state index in [-0.39, 0.29) is 11.8 Å². The number of aliphatic hydroxyl groups excluding tert-OH is 2. The molecule has 0 spiro atoms. The summed E-state index contributed by atoms with van der Waals surface area (Å²) in [5, 5.41) is 26.7. The van der Waals surface area contributed by atoms with E-state index in [4.69, 9.17) is 10.5 Å². The summed E-state index contributed by atoms with van der Waals surface area (Å²) >= 11 is 1.58. The molecule has 0 aliphatic carbocycles. The minimum atomic E-state index is -1.13. The van der Waals surface area contributed by atoms with Crippen LogP contribution < -0.4 is 16.4 Å². The SMILES string of the molecule is CCc1cccc(NC(=O)NCCCSC[C@H]2O[C@@H](n3cnc4c(N)ncnc43)[C@H](O)[C@@H]2O)c1. The van der Waals surface area contributed by atoms with Gasteiger partial charge in [0.15, 0.2) is 17.7 Å². The number of hydrogen-bond donors (Lipinski definition) is 5. The number of nitrogen functional groups attached to an aromatic ring is 1. The van der Waals surface area contributed by atoms with Crippen LogP contribution in [0.1, 0.15) is 25.1 Å². The number of thioether (sulfide) groups is 1. The summed E-state index contributed by atoms with van der Waals surface area (Å²) in [5.41, 5.74) is 8.60. The largest absolute Gasteiger partial charge is 0.387 e. The molecule has 0 bridgehead atoms. The van der Waals surface area contributed by atoms with Crippen LogP contribution in [0.3, 0.4) is 0 Å². The maximum atomic E-state index is 12.1. The number of nitrogens with zero attached hydrogens (tertiary/aromatic N) is 4. The molecule has 1 aromatic carbocycles. The monoisotopic (exact) mass is 487 g/mol. The van der Waals surface area contributed by atoms with Crippen molar-refractivity contribution in [2.45, 2.75) is 44.3 Å². The summed E-state index contributed by atoms with van der Waals surface area (Å²) in [6, 6.07) is 7.52. The lowest BCUT2D eigenvalue weighted by Gasteiger charge is -2.16. The lowest BCUT2D eigenvalue weighted by molar-refractivity contribution is -0.0289. The van der Waals surface area contributed by atoms with Crippen molar-refractivity contribution < 1.29 is 19.7 Å². The van der Waals surface area contributed by atoms with E-state index in [0.717, 1.165) is 29.8 Å². The van der Waals surface area contributed by atoms with E-state index in [0.29, 0.717) is 23.5 Å². The molecule has 4 rings (SSSR count). The van der Waals surface area contributed by atoms with Crippen LogP contribution in [0.5, 0.6) is 0 Å². The second-order valence-electron chi connectivity index (χ2n) is 7.99. The van der Waals surface area contributed by atoms with Crippen molar-refractivity contribution in [2.24, 2.45) is 0 Å². The molecule has 11 nitrogen and oxygen atoms in total. The number of aromatic nitrogens is 4. The van der Waals surface area contributed by atoms with Gasteiger partial charge < -0.3 is 31.3 Å². The van der Waals surface area contributed by atoms with E-state index >= 15 is 0 Å². The average molecular weight is 488 g/mol. The smallest absolute Gasteiger partial charge is 0.319 e. The molecular weight excluding hydrogens is 458 g/mol. The fourth-order valence-electron chi connectivity index (χ4n) is 3.77. The van der Waals surface area contributed by atoms with Gasteiger partial charge in [-0.25, -0.2) is 19.7 Å². The van der Waals surface area contributed by atoms with E-state index in [2.05, 4.69) is 32.5 Å². The van der Waals surface area contributed by atoms with Crippen LogP contribution in [-0.2, 0) is 11.2 Å². The number of benzene rings is 1. The van der Waals surface area contributed by atoms with E-state index in [9.17, 15) is 15.0 Å². The molecule has 0 saturated carbocycles. The molecule has 0 radical (unpaired) electrons. The van der Waals surface area contributed by atoms with E-state index < -0.39 is 24.5 Å². The number of aryl methyl sites for hydroxylation is 1. The Bertz CT molecular complexity index is 1130. The van der Waals surface area contributed by atoms with E-state index in [1.807, 2.05) is 24.3 Å². The zero-order valence-corrected chi connectivity index (χ0v) is 19.6. The molecule has 3 aromatic rings. The molecule has 12 heteroatoms. The highest BCUT2D eigenvalue weighted by molar-refractivity contribution is 7.99. The fourth-order valence-corrected chi connectivity index (χ4v) is 4.80. The van der Waals surface area contributed by atoms with Crippen LogP contribution in [0.4, 0.5) is 16.3 Å². The fraction of sp³-hybridized carbons (Fsp3) is 0.455. The van der Waals surface area contributed by atoms with Gasteiger partial charge in [0.2, 0.25) is 0 Å². The Morgan fingerprint density at radius 1 is 1.26 bits per heavy atom. The zero-order valence-electron chi connectivity index (χ0n) is 18.8. The van der Waals surface area contributed by atoms with Gasteiger partial charge in [-0.3, -0.25) is 4.57 Å². The summed E-state index contributed by atoms with van der Waals surface area (Å²) in [6.07, 6.45) is 0.906. The summed E-state index contributed by atoms with van der Waals surface area (Å²) in [5.74, 6) is 1.49. The maximum Gasteiger partial charge on any atom is 0.319 e. The number of imidazole rings is 1. The topological polar surface area (TPSA) is 160 Å². The first kappa shape index (κ1) is 24.2. The summed E-state index contributed by atoms with van der Waals surface area (Å²) in [4.78, 5) is 24.3. The molecule has 1 aliphatic rings. The number of anilines is 2. The number of aliphatic hydroxyl groups is 2. The highest BCUT2D eigenvalue weighted by Gasteiger charge is 2.44. The molecule has 3 heterocycles. The van der Waals surface area contributed by atoms with Gasteiger partial charge in [0.1, 0.15) is 24.1 Å². The summed E-state index contributed by atoms with van der Waals surface area (Å²) in [7, 11) is 0. The van der Waals surface area contributed by atoms with Crippen LogP contribution in [-0.4, -0.2) is 72.1 Å². The van der Waals surface area contributed by atoms with Gasteiger partial charge >= 0.3 is 6.03 Å². The van der Waals surface area contributed by atoms with Crippen LogP contribution >= 0.6 is 11.8 Å². The number of fused-ring (bicyclic) bond motifs is 1. The van der Waals surface area contributed by atoms with Gasteiger partial charge in [0.05, 0.1) is 12.4 Å². The minimum absolute atomic E-state index is 0.237. The molecule has 182 valence electrons. The molecular formula is C22H29N7O4S. The number of rotatable bonds is 9. The third-order valence-corrected chi connectivity index (χ3v) is 6.77. The van der Waals surface area contributed by atoms with Gasteiger partial charge in [0.25, 0.3) is 0 Å². The predicted molar refractivity (Wildman–Crippen MR) is 130 cm³/mol. The number of urea groups is 1. The van der Waals surface area contributed by atoms with Crippen LogP contribution in [0.2, 0.25) is 0 Å². The van der Waals surface area contributed by atoms with Crippen molar-refractivity contribution in [2.75, 3.05) is 29.1 Å². The lowest BCUT2D eigenvalue weighted by atomic mass is 10.1. The van der Waals surface area contributed by atoms with Crippen molar-refractivity contribution in [3.63, 3.8) is 0 Å². The van der Waals surface area contributed by atoms with Gasteiger partial charge in [-0.05, 0) is 36.3 Å². The standard InChI is InChI=1S/C22H29N7O4S/c1-2-13-5-3-6-14(9-13)28-22(32)24-7-4-8-34-10-15-17(30)18(31)21(33-15)29-12-27-16-19(23)25-11-26-20(16)29/h3,5-6,9,11-12,15,17-18,21,30-31H,2,4,7-8,10H2,1H3,(H2,23,25,26)(H2,24,28,32)/t15-,17-,18-,21-/m1/s1. The molecule has 2 aromatic heterocycles. The molecule has 6 N–H and O–H groups in total. The third-order valence-electron chi connectivity index (χ3n) is 5.62. The lowest BCUT2D eigenvalue weighted by Crippen LogP contribution is -2.32. The molecule has 1 aliphatic heterocycles. The first-order valence-corrected chi connectivity index (χ1v) is 12.3. The van der Waals surface area contributed by atoms with Gasteiger partial charge in [0, 0.05) is 18.0 Å². The normalized spacial score (nSPS) is 22.2. The van der Waals surface area contributed by atoms with Crippen LogP contribution in [0.25, 0.3) is 11.2 Å². The quantitative estimate of drug-likeness (QED) is 0.282. The van der Waals surface area contributed by atoms with Gasteiger partial charge in [-0.1, -0.05) is 19.1 Å². The highest BCUT2D eigenvalue weighted by atomic mass is 32.2. The number of nitrogens with two attached hydrogens (primary N) is 1. The molecule has 34 heavy (non-hydrogen) atoms. The minimum Gasteiger partial charge on any atom is -0.387 e. The number of nitrogens with one attached hydrogen (secondary N) is 2. The Morgan fingerprint density at radius 2 is 2.12 bits per heavy atom. The second kappa shape index (κ2) is 11.0. The third kappa shape index (κ3) is 5.41. The maximum absolute atomic E-state index is 12.1. The van der Waals surface area contributed by atoms with Gasteiger partial charge in [-0.15, -0.1) is 0 Å². The Kier molecular flexibility index (Phi) is 7.83. The molecule has 4 atom stereocenters. The Labute approximate surface area is 201 Å². The number of carbonyl (C=O) groups excluding carboxylic acids is 1. The van der Waals surface area contributed by atoms with Crippen LogP contribution in [0.15, 0.2) is 36.9 Å². The van der Waals surface area contributed by atoms with Crippen molar-refractivity contribution in [1.82, 2.24) is 24.8 Å². The number of carbonyl (C=O) groups is 1. The first-order valence-electron chi connectivity index (χ1n) is 11.1.